The molecule has 0 saturated heterocycles. The fraction of sp³-hybridized carbons (Fsp3) is 0.692. The lowest BCUT2D eigenvalue weighted by Crippen LogP contribution is -2.42. The van der Waals surface area contributed by atoms with Crippen molar-refractivity contribution in [2.75, 3.05) is 10.7 Å². The monoisotopic (exact) mass is 267 g/mol. The van der Waals surface area contributed by atoms with Gasteiger partial charge in [-0.2, -0.15) is 0 Å². The quantitative estimate of drug-likeness (QED) is 0.489. The fourth-order valence-electron chi connectivity index (χ4n) is 1.36. The first-order valence-electron chi connectivity index (χ1n) is 6.38. The lowest BCUT2D eigenvalue weighted by molar-refractivity contribution is 0.133. The van der Waals surface area contributed by atoms with Crippen molar-refractivity contribution in [2.24, 2.45) is 5.84 Å². The number of aromatic nitrogens is 2. The van der Waals surface area contributed by atoms with E-state index in [0.717, 1.165) is 0 Å². The lowest BCUT2D eigenvalue weighted by Gasteiger charge is -2.30. The van der Waals surface area contributed by atoms with Crippen LogP contribution >= 0.6 is 0 Å². The number of nitrogens with zero attached hydrogens (tertiary/aromatic N) is 2. The number of nitrogens with two attached hydrogens (primary N) is 1. The molecule has 0 radical (unpaired) electrons. The van der Waals surface area contributed by atoms with Crippen LogP contribution < -0.4 is 16.6 Å². The number of hydrazine groups is 1. The highest BCUT2D eigenvalue weighted by Gasteiger charge is 2.26. The molecular formula is C13H25N5O. The summed E-state index contributed by atoms with van der Waals surface area (Å²) in [6, 6.07) is 1.72. The van der Waals surface area contributed by atoms with E-state index in [1.165, 1.54) is 0 Å². The summed E-state index contributed by atoms with van der Waals surface area (Å²) >= 11 is 0. The third kappa shape index (κ3) is 4.04. The molecule has 0 aliphatic rings. The first-order valence-corrected chi connectivity index (χ1v) is 6.38. The number of hydrogen-bond acceptors (Lipinski definition) is 6. The van der Waals surface area contributed by atoms with Gasteiger partial charge in [0.15, 0.2) is 0 Å². The zero-order chi connectivity index (χ0) is 14.8. The van der Waals surface area contributed by atoms with E-state index in [0.29, 0.717) is 17.5 Å². The molecule has 0 aliphatic heterocycles. The predicted octanol–water partition coefficient (Wildman–Crippen LogP) is 1.63. The summed E-state index contributed by atoms with van der Waals surface area (Å²) in [4.78, 5) is 8.84. The average Bonchev–Trinajstić information content (AvgIpc) is 2.26. The molecule has 5 N–H and O–H groups in total. The molecule has 1 unspecified atom stereocenters. The van der Waals surface area contributed by atoms with Gasteiger partial charge in [0.2, 0.25) is 0 Å². The Morgan fingerprint density at radius 1 is 1.16 bits per heavy atom. The van der Waals surface area contributed by atoms with Crippen molar-refractivity contribution in [1.29, 1.82) is 0 Å². The van der Waals surface area contributed by atoms with E-state index in [2.05, 4.69) is 20.7 Å². The number of nitrogen functional groups attached to an aromatic ring is 1. The summed E-state index contributed by atoms with van der Waals surface area (Å²) in [7, 11) is 0. The number of aliphatic hydroxyl groups is 1. The SMILES string of the molecule is CC(O)C(C)(C)Nc1cc(NN)nc(C(C)(C)C)n1. The van der Waals surface area contributed by atoms with E-state index in [9.17, 15) is 5.11 Å². The van der Waals surface area contributed by atoms with Gasteiger partial charge in [-0.25, -0.2) is 15.8 Å². The molecule has 19 heavy (non-hydrogen) atoms. The standard InChI is InChI=1S/C13H25N5O/c1-8(19)13(5,6)17-9-7-10(18-14)16-11(15-9)12(2,3)4/h7-8,19H,14H2,1-6H3,(H2,15,16,17,18). The Balaban J connectivity index is 3.15. The largest absolute Gasteiger partial charge is 0.391 e. The van der Waals surface area contributed by atoms with Crippen LogP contribution in [0.4, 0.5) is 11.6 Å². The first-order chi connectivity index (χ1) is 8.56. The van der Waals surface area contributed by atoms with E-state index in [1.54, 1.807) is 13.0 Å². The van der Waals surface area contributed by atoms with E-state index < -0.39 is 11.6 Å². The maximum atomic E-state index is 9.75. The average molecular weight is 267 g/mol. The molecule has 1 aromatic heterocycles. The highest BCUT2D eigenvalue weighted by atomic mass is 16.3. The zero-order valence-electron chi connectivity index (χ0n) is 12.6. The first kappa shape index (κ1) is 15.7. The van der Waals surface area contributed by atoms with Gasteiger partial charge in [-0.05, 0) is 20.8 Å². The second kappa shape index (κ2) is 5.30. The van der Waals surface area contributed by atoms with Gasteiger partial charge >= 0.3 is 0 Å². The topological polar surface area (TPSA) is 96.1 Å². The fourth-order valence-corrected chi connectivity index (χ4v) is 1.36. The Labute approximate surface area is 114 Å². The van der Waals surface area contributed by atoms with Gasteiger partial charge in [-0.3, -0.25) is 0 Å². The minimum atomic E-state index is -0.519. The minimum absolute atomic E-state index is 0.182. The number of aliphatic hydroxyl groups excluding tert-OH is 1. The van der Waals surface area contributed by atoms with Gasteiger partial charge in [0.1, 0.15) is 17.5 Å². The highest BCUT2D eigenvalue weighted by Crippen LogP contribution is 2.24. The molecular weight excluding hydrogens is 242 g/mol. The van der Waals surface area contributed by atoms with Crippen molar-refractivity contribution in [3.05, 3.63) is 11.9 Å². The molecule has 1 aromatic rings. The number of rotatable bonds is 4. The van der Waals surface area contributed by atoms with E-state index in [1.807, 2.05) is 34.6 Å². The molecule has 1 rings (SSSR count). The van der Waals surface area contributed by atoms with Gasteiger partial charge in [0.05, 0.1) is 11.6 Å². The number of hydrogen-bond donors (Lipinski definition) is 4. The Bertz CT molecular complexity index is 437. The van der Waals surface area contributed by atoms with Crippen LogP contribution in [0, 0.1) is 0 Å². The lowest BCUT2D eigenvalue weighted by atomic mass is 9.95. The van der Waals surface area contributed by atoms with E-state index in [4.69, 9.17) is 5.84 Å². The third-order valence-electron chi connectivity index (χ3n) is 3.04. The molecule has 0 spiro atoms. The van der Waals surface area contributed by atoms with E-state index in [-0.39, 0.29) is 5.41 Å². The molecule has 0 aliphatic carbocycles. The smallest absolute Gasteiger partial charge is 0.145 e. The minimum Gasteiger partial charge on any atom is -0.391 e. The maximum Gasteiger partial charge on any atom is 0.145 e. The summed E-state index contributed by atoms with van der Waals surface area (Å²) in [6.07, 6.45) is -0.519. The molecule has 0 saturated carbocycles. The molecule has 6 heteroatoms. The van der Waals surface area contributed by atoms with Gasteiger partial charge in [-0.1, -0.05) is 20.8 Å². The van der Waals surface area contributed by atoms with Gasteiger partial charge in [-0.15, -0.1) is 0 Å². The molecule has 0 aromatic carbocycles. The Hall–Kier alpha value is -1.40. The van der Waals surface area contributed by atoms with Crippen molar-refractivity contribution in [3.63, 3.8) is 0 Å². The number of nitrogens with one attached hydrogen (secondary N) is 2. The van der Waals surface area contributed by atoms with Gasteiger partial charge in [0, 0.05) is 11.5 Å². The van der Waals surface area contributed by atoms with Crippen LogP contribution in [-0.4, -0.2) is 26.7 Å². The van der Waals surface area contributed by atoms with Crippen molar-refractivity contribution < 1.29 is 5.11 Å². The van der Waals surface area contributed by atoms with Crippen LogP contribution in [0.1, 0.15) is 47.4 Å². The van der Waals surface area contributed by atoms with Crippen LogP contribution in [0.3, 0.4) is 0 Å². The van der Waals surface area contributed by atoms with Crippen LogP contribution in [-0.2, 0) is 5.41 Å². The van der Waals surface area contributed by atoms with Crippen LogP contribution in [0.5, 0.6) is 0 Å². The predicted molar refractivity (Wildman–Crippen MR) is 77.9 cm³/mol. The molecule has 0 fully saturated rings. The van der Waals surface area contributed by atoms with Crippen LogP contribution in [0.15, 0.2) is 6.07 Å². The molecule has 0 amide bonds. The highest BCUT2D eigenvalue weighted by molar-refractivity contribution is 5.49. The molecule has 1 heterocycles. The Morgan fingerprint density at radius 2 is 1.68 bits per heavy atom. The van der Waals surface area contributed by atoms with Crippen molar-refractivity contribution >= 4 is 11.6 Å². The Morgan fingerprint density at radius 3 is 2.11 bits per heavy atom. The summed E-state index contributed by atoms with van der Waals surface area (Å²) in [6.45, 7) is 11.7. The summed E-state index contributed by atoms with van der Waals surface area (Å²) in [5.41, 5.74) is 1.87. The second-order valence-electron chi connectivity index (χ2n) is 6.38. The third-order valence-corrected chi connectivity index (χ3v) is 3.04. The summed E-state index contributed by atoms with van der Waals surface area (Å²) in [5.74, 6) is 7.31. The van der Waals surface area contributed by atoms with Gasteiger partial charge < -0.3 is 15.8 Å². The number of anilines is 2. The second-order valence-corrected chi connectivity index (χ2v) is 6.38. The maximum absolute atomic E-state index is 9.75. The van der Waals surface area contributed by atoms with Crippen molar-refractivity contribution in [3.8, 4) is 0 Å². The van der Waals surface area contributed by atoms with Crippen molar-refractivity contribution in [2.45, 2.75) is 58.6 Å². The normalized spacial score (nSPS) is 14.1. The van der Waals surface area contributed by atoms with E-state index >= 15 is 0 Å². The van der Waals surface area contributed by atoms with Gasteiger partial charge in [0.25, 0.3) is 0 Å². The summed E-state index contributed by atoms with van der Waals surface area (Å²) < 4.78 is 0. The molecule has 6 nitrogen and oxygen atoms in total. The summed E-state index contributed by atoms with van der Waals surface area (Å²) in [5, 5.41) is 13.0. The van der Waals surface area contributed by atoms with Crippen LogP contribution in [0.2, 0.25) is 0 Å². The molecule has 1 atom stereocenters. The Kier molecular flexibility index (Phi) is 4.37. The zero-order valence-corrected chi connectivity index (χ0v) is 12.6. The molecule has 0 bridgehead atoms. The molecule has 108 valence electrons. The van der Waals surface area contributed by atoms with Crippen molar-refractivity contribution in [1.82, 2.24) is 9.97 Å². The van der Waals surface area contributed by atoms with Crippen LogP contribution in [0.25, 0.3) is 0 Å².